The fraction of sp³-hybridized carbons (Fsp3) is 0.286. The molecule has 1 saturated heterocycles. The number of carbonyl (C=O) groups excluding carboxylic acids is 2. The van der Waals surface area contributed by atoms with Gasteiger partial charge in [-0.05, 0) is 18.2 Å². The molecule has 19 heavy (non-hydrogen) atoms. The van der Waals surface area contributed by atoms with Crippen LogP contribution in [0.5, 0.6) is 0 Å². The summed E-state index contributed by atoms with van der Waals surface area (Å²) in [5.74, 6) is 5.15. The van der Waals surface area contributed by atoms with E-state index in [1.165, 1.54) is 0 Å². The van der Waals surface area contributed by atoms with Crippen LogP contribution in [0, 0.1) is 11.8 Å². The van der Waals surface area contributed by atoms with Crippen molar-refractivity contribution in [1.29, 1.82) is 0 Å². The normalized spacial score (nSPS) is 14.5. The Labute approximate surface area is 116 Å². The molecule has 1 aromatic carbocycles. The predicted molar refractivity (Wildman–Crippen MR) is 71.8 cm³/mol. The maximum Gasteiger partial charge on any atom is 0.234 e. The molecule has 0 aliphatic carbocycles. The molecule has 1 heterocycles. The zero-order chi connectivity index (χ0) is 13.8. The molecule has 0 spiro atoms. The molecule has 1 N–H and O–H groups in total. The molecule has 0 aromatic heterocycles. The van der Waals surface area contributed by atoms with Gasteiger partial charge in [0.2, 0.25) is 11.8 Å². The van der Waals surface area contributed by atoms with E-state index in [0.29, 0.717) is 22.7 Å². The number of halogens is 1. The van der Waals surface area contributed by atoms with E-state index in [1.54, 1.807) is 18.2 Å². The molecule has 1 aliphatic heterocycles. The third-order valence-electron chi connectivity index (χ3n) is 2.71. The largest absolute Gasteiger partial charge is 0.395 e. The summed E-state index contributed by atoms with van der Waals surface area (Å²) in [5, 5.41) is 9.20. The van der Waals surface area contributed by atoms with E-state index < -0.39 is 0 Å². The lowest BCUT2D eigenvalue weighted by molar-refractivity contribution is -0.121. The molecule has 0 saturated carbocycles. The van der Waals surface area contributed by atoms with Gasteiger partial charge in [-0.1, -0.05) is 23.4 Å². The van der Waals surface area contributed by atoms with Crippen LogP contribution in [0.25, 0.3) is 0 Å². The van der Waals surface area contributed by atoms with E-state index in [1.807, 2.05) is 0 Å². The van der Waals surface area contributed by atoms with E-state index in [-0.39, 0.29) is 31.3 Å². The van der Waals surface area contributed by atoms with Crippen LogP contribution >= 0.6 is 11.6 Å². The van der Waals surface area contributed by atoms with E-state index >= 15 is 0 Å². The third kappa shape index (κ3) is 2.95. The lowest BCUT2D eigenvalue weighted by Crippen LogP contribution is -2.29. The Morgan fingerprint density at radius 3 is 2.58 bits per heavy atom. The van der Waals surface area contributed by atoms with Crippen LogP contribution in [0.2, 0.25) is 5.02 Å². The average Bonchev–Trinajstić information content (AvgIpc) is 2.70. The number of rotatable bonds is 2. The first-order valence-electron chi connectivity index (χ1n) is 5.88. The molecule has 5 heteroatoms. The monoisotopic (exact) mass is 277 g/mol. The van der Waals surface area contributed by atoms with Crippen molar-refractivity contribution in [1.82, 2.24) is 0 Å². The number of aliphatic hydroxyl groups is 1. The molecule has 1 aromatic rings. The third-order valence-corrected chi connectivity index (χ3v) is 2.95. The summed E-state index contributed by atoms with van der Waals surface area (Å²) in [6, 6.07) is 4.85. The maximum absolute atomic E-state index is 11.7. The number of aliphatic hydroxyl groups excluding tert-OH is 1. The second kappa shape index (κ2) is 5.87. The van der Waals surface area contributed by atoms with Crippen molar-refractivity contribution in [2.24, 2.45) is 0 Å². The maximum atomic E-state index is 11.7. The van der Waals surface area contributed by atoms with Crippen LogP contribution in [-0.2, 0) is 9.59 Å². The number of anilines is 1. The van der Waals surface area contributed by atoms with Crippen molar-refractivity contribution >= 4 is 29.1 Å². The molecular formula is C14H12ClNO3. The Morgan fingerprint density at radius 1 is 1.26 bits per heavy atom. The van der Waals surface area contributed by atoms with Gasteiger partial charge >= 0.3 is 0 Å². The van der Waals surface area contributed by atoms with Crippen LogP contribution in [0.1, 0.15) is 24.8 Å². The van der Waals surface area contributed by atoms with E-state index in [2.05, 4.69) is 11.8 Å². The molecule has 2 rings (SSSR count). The summed E-state index contributed by atoms with van der Waals surface area (Å²) < 4.78 is 0. The predicted octanol–water partition coefficient (Wildman–Crippen LogP) is 1.73. The van der Waals surface area contributed by atoms with Crippen molar-refractivity contribution < 1.29 is 14.7 Å². The minimum absolute atomic E-state index is 0.0372. The highest BCUT2D eigenvalue weighted by atomic mass is 35.5. The highest BCUT2D eigenvalue weighted by Gasteiger charge is 2.31. The molecular weight excluding hydrogens is 266 g/mol. The van der Waals surface area contributed by atoms with Gasteiger partial charge in [-0.2, -0.15) is 0 Å². The average molecular weight is 278 g/mol. The summed E-state index contributed by atoms with van der Waals surface area (Å²) in [5.41, 5.74) is 0.979. The van der Waals surface area contributed by atoms with E-state index in [4.69, 9.17) is 16.7 Å². The molecule has 1 fully saturated rings. The number of carbonyl (C=O) groups is 2. The van der Waals surface area contributed by atoms with Gasteiger partial charge in [0.1, 0.15) is 0 Å². The number of hydrogen-bond donors (Lipinski definition) is 1. The molecule has 98 valence electrons. The number of nitrogens with zero attached hydrogens (tertiary/aromatic N) is 1. The minimum atomic E-state index is -0.225. The topological polar surface area (TPSA) is 57.6 Å². The smallest absolute Gasteiger partial charge is 0.234 e. The minimum Gasteiger partial charge on any atom is -0.395 e. The zero-order valence-electron chi connectivity index (χ0n) is 10.1. The first kappa shape index (κ1) is 13.6. The van der Waals surface area contributed by atoms with Gasteiger partial charge in [-0.15, -0.1) is 0 Å². The second-order valence-corrected chi connectivity index (χ2v) is 4.50. The Morgan fingerprint density at radius 2 is 1.95 bits per heavy atom. The van der Waals surface area contributed by atoms with Crippen LogP contribution in [0.15, 0.2) is 18.2 Å². The van der Waals surface area contributed by atoms with Crippen molar-refractivity contribution in [2.45, 2.75) is 19.3 Å². The Balaban J connectivity index is 2.43. The van der Waals surface area contributed by atoms with Crippen molar-refractivity contribution in [2.75, 3.05) is 11.5 Å². The zero-order valence-corrected chi connectivity index (χ0v) is 10.9. The van der Waals surface area contributed by atoms with Crippen molar-refractivity contribution in [3.8, 4) is 11.8 Å². The van der Waals surface area contributed by atoms with Gasteiger partial charge in [0.15, 0.2) is 0 Å². The number of imide groups is 1. The van der Waals surface area contributed by atoms with Crippen LogP contribution in [0.3, 0.4) is 0 Å². The number of benzene rings is 1. The second-order valence-electron chi connectivity index (χ2n) is 4.06. The highest BCUT2D eigenvalue weighted by Crippen LogP contribution is 2.28. The van der Waals surface area contributed by atoms with Crippen molar-refractivity contribution in [3.05, 3.63) is 28.8 Å². The van der Waals surface area contributed by atoms with Gasteiger partial charge in [0, 0.05) is 24.3 Å². The van der Waals surface area contributed by atoms with Crippen LogP contribution in [0.4, 0.5) is 5.69 Å². The lowest BCUT2D eigenvalue weighted by Gasteiger charge is -2.15. The van der Waals surface area contributed by atoms with Crippen LogP contribution in [-0.4, -0.2) is 23.5 Å². The Kier molecular flexibility index (Phi) is 4.20. The molecule has 0 radical (unpaired) electrons. The summed E-state index contributed by atoms with van der Waals surface area (Å²) in [4.78, 5) is 24.6. The molecule has 2 amide bonds. The Bertz CT molecular complexity index is 570. The summed E-state index contributed by atoms with van der Waals surface area (Å²) in [6.07, 6.45) is 0.782. The van der Waals surface area contributed by atoms with Gasteiger partial charge < -0.3 is 5.11 Å². The molecule has 0 bridgehead atoms. The molecule has 4 nitrogen and oxygen atoms in total. The SMILES string of the molecule is O=C1CCC(=O)N1c1ccc(Cl)cc1C#CCCO. The first-order chi connectivity index (χ1) is 9.13. The van der Waals surface area contributed by atoms with Gasteiger partial charge in [-0.3, -0.25) is 9.59 Å². The standard InChI is InChI=1S/C14H12ClNO3/c15-11-4-5-12(10(9-11)3-1-2-8-17)16-13(18)6-7-14(16)19/h4-5,9,17H,2,6-8H2. The van der Waals surface area contributed by atoms with Crippen LogP contribution < -0.4 is 4.90 Å². The number of hydrogen-bond acceptors (Lipinski definition) is 3. The summed E-state index contributed by atoms with van der Waals surface area (Å²) in [7, 11) is 0. The van der Waals surface area contributed by atoms with Crippen molar-refractivity contribution in [3.63, 3.8) is 0 Å². The van der Waals surface area contributed by atoms with Gasteiger partial charge in [0.05, 0.1) is 17.9 Å². The fourth-order valence-electron chi connectivity index (χ4n) is 1.86. The quantitative estimate of drug-likeness (QED) is 0.662. The van der Waals surface area contributed by atoms with E-state index in [9.17, 15) is 9.59 Å². The van der Waals surface area contributed by atoms with E-state index in [0.717, 1.165) is 4.90 Å². The van der Waals surface area contributed by atoms with Gasteiger partial charge in [-0.25, -0.2) is 4.90 Å². The fourth-order valence-corrected chi connectivity index (χ4v) is 2.03. The first-order valence-corrected chi connectivity index (χ1v) is 6.26. The summed E-state index contributed by atoms with van der Waals surface area (Å²) >= 11 is 5.90. The molecule has 0 unspecified atom stereocenters. The Hall–Kier alpha value is -1.83. The highest BCUT2D eigenvalue weighted by molar-refractivity contribution is 6.31. The molecule has 0 atom stereocenters. The summed E-state index contributed by atoms with van der Waals surface area (Å²) in [6.45, 7) is -0.0372. The molecule has 1 aliphatic rings. The number of amides is 2. The van der Waals surface area contributed by atoms with Gasteiger partial charge in [0.25, 0.3) is 0 Å². The lowest BCUT2D eigenvalue weighted by atomic mass is 10.1.